The lowest BCUT2D eigenvalue weighted by molar-refractivity contribution is -0.385. The van der Waals surface area contributed by atoms with Gasteiger partial charge in [0.15, 0.2) is 0 Å². The van der Waals surface area contributed by atoms with E-state index >= 15 is 0 Å². The van der Waals surface area contributed by atoms with Crippen molar-refractivity contribution in [3.05, 3.63) is 68.8 Å². The van der Waals surface area contributed by atoms with E-state index in [1.807, 2.05) is 26.0 Å². The Hall–Kier alpha value is -2.29. The number of rotatable bonds is 5. The van der Waals surface area contributed by atoms with Gasteiger partial charge in [0.05, 0.1) is 9.82 Å². The number of piperazine rings is 1. The van der Waals surface area contributed by atoms with Crippen LogP contribution in [0.25, 0.3) is 0 Å². The van der Waals surface area contributed by atoms with Crippen LogP contribution >= 0.6 is 0 Å². The molecule has 1 fully saturated rings. The van der Waals surface area contributed by atoms with Crippen molar-refractivity contribution in [2.75, 3.05) is 26.2 Å². The second kappa shape index (κ2) is 7.98. The average molecular weight is 404 g/mol. The molecule has 0 aliphatic carbocycles. The van der Waals surface area contributed by atoms with Gasteiger partial charge in [0, 0.05) is 44.4 Å². The van der Waals surface area contributed by atoms with Crippen molar-refractivity contribution in [3.63, 3.8) is 0 Å². The SMILES string of the molecule is Cc1ccc(S(=O)(=O)N2CCN(Cc3cccc([N+](=O)[O-])c3C)CC2)cc1C. The first kappa shape index (κ1) is 20.4. The molecule has 8 heteroatoms. The molecule has 7 nitrogen and oxygen atoms in total. The molecular weight excluding hydrogens is 378 g/mol. The van der Waals surface area contributed by atoms with Crippen molar-refractivity contribution in [1.29, 1.82) is 0 Å². The fourth-order valence-corrected chi connectivity index (χ4v) is 4.94. The van der Waals surface area contributed by atoms with E-state index in [0.717, 1.165) is 16.7 Å². The van der Waals surface area contributed by atoms with Crippen LogP contribution in [0.15, 0.2) is 41.3 Å². The summed E-state index contributed by atoms with van der Waals surface area (Å²) in [6.45, 7) is 8.19. The smallest absolute Gasteiger partial charge is 0.272 e. The van der Waals surface area contributed by atoms with Gasteiger partial charge in [0.25, 0.3) is 5.69 Å². The van der Waals surface area contributed by atoms with Crippen LogP contribution in [0.4, 0.5) is 5.69 Å². The molecular formula is C20H25N3O4S. The van der Waals surface area contributed by atoms with Gasteiger partial charge in [0.2, 0.25) is 10.0 Å². The third-order valence-corrected chi connectivity index (χ3v) is 7.35. The van der Waals surface area contributed by atoms with E-state index in [-0.39, 0.29) is 10.6 Å². The molecule has 2 aromatic carbocycles. The van der Waals surface area contributed by atoms with Crippen molar-refractivity contribution in [3.8, 4) is 0 Å². The Morgan fingerprint density at radius 2 is 1.68 bits per heavy atom. The molecule has 0 atom stereocenters. The monoisotopic (exact) mass is 403 g/mol. The summed E-state index contributed by atoms with van der Waals surface area (Å²) in [6.07, 6.45) is 0. The number of hydrogen-bond donors (Lipinski definition) is 0. The van der Waals surface area contributed by atoms with Crippen LogP contribution in [0.1, 0.15) is 22.3 Å². The van der Waals surface area contributed by atoms with E-state index < -0.39 is 10.0 Å². The van der Waals surface area contributed by atoms with Crippen LogP contribution in [0, 0.1) is 30.9 Å². The minimum atomic E-state index is -3.51. The first-order chi connectivity index (χ1) is 13.2. The van der Waals surface area contributed by atoms with E-state index in [2.05, 4.69) is 4.90 Å². The number of hydrogen-bond acceptors (Lipinski definition) is 5. The Balaban J connectivity index is 1.68. The highest BCUT2D eigenvalue weighted by Gasteiger charge is 2.29. The predicted octanol–water partition coefficient (Wildman–Crippen LogP) is 3.03. The number of nitro benzene ring substituents is 1. The summed E-state index contributed by atoms with van der Waals surface area (Å²) in [4.78, 5) is 13.2. The molecule has 0 aromatic heterocycles. The maximum absolute atomic E-state index is 12.9. The van der Waals surface area contributed by atoms with Gasteiger partial charge in [-0.15, -0.1) is 0 Å². The van der Waals surface area contributed by atoms with Gasteiger partial charge in [-0.25, -0.2) is 8.42 Å². The van der Waals surface area contributed by atoms with Crippen LogP contribution in [0.5, 0.6) is 0 Å². The van der Waals surface area contributed by atoms with Crippen LogP contribution in [0.2, 0.25) is 0 Å². The quantitative estimate of drug-likeness (QED) is 0.566. The van der Waals surface area contributed by atoms with Crippen LogP contribution in [-0.4, -0.2) is 48.7 Å². The molecule has 2 aromatic rings. The van der Waals surface area contributed by atoms with Gasteiger partial charge in [-0.3, -0.25) is 15.0 Å². The highest BCUT2D eigenvalue weighted by molar-refractivity contribution is 7.89. The first-order valence-electron chi connectivity index (χ1n) is 9.23. The lowest BCUT2D eigenvalue weighted by atomic mass is 10.1. The Labute approximate surface area is 165 Å². The van der Waals surface area contributed by atoms with Gasteiger partial charge < -0.3 is 0 Å². The Morgan fingerprint density at radius 3 is 2.29 bits per heavy atom. The summed E-state index contributed by atoms with van der Waals surface area (Å²) in [5, 5.41) is 11.1. The number of nitro groups is 1. The third kappa shape index (κ3) is 4.09. The van der Waals surface area contributed by atoms with Crippen molar-refractivity contribution in [2.24, 2.45) is 0 Å². The lowest BCUT2D eigenvalue weighted by Gasteiger charge is -2.34. The van der Waals surface area contributed by atoms with Crippen molar-refractivity contribution in [2.45, 2.75) is 32.2 Å². The third-order valence-electron chi connectivity index (χ3n) is 5.46. The van der Waals surface area contributed by atoms with E-state index in [1.54, 1.807) is 25.1 Å². The minimum absolute atomic E-state index is 0.119. The Kier molecular flexibility index (Phi) is 5.83. The first-order valence-corrected chi connectivity index (χ1v) is 10.7. The zero-order valence-electron chi connectivity index (χ0n) is 16.4. The van der Waals surface area contributed by atoms with E-state index in [4.69, 9.17) is 0 Å². The van der Waals surface area contributed by atoms with E-state index in [9.17, 15) is 18.5 Å². The topological polar surface area (TPSA) is 83.8 Å². The fourth-order valence-electron chi connectivity index (χ4n) is 3.43. The van der Waals surface area contributed by atoms with Gasteiger partial charge in [0.1, 0.15) is 0 Å². The maximum atomic E-state index is 12.9. The standard InChI is InChI=1S/C20H25N3O4S/c1-15-7-8-19(13-16(15)2)28(26,27)22-11-9-21(10-12-22)14-18-5-4-6-20(17(18)3)23(24)25/h4-8,13H,9-12,14H2,1-3H3. The zero-order chi connectivity index (χ0) is 20.5. The maximum Gasteiger partial charge on any atom is 0.272 e. The van der Waals surface area contributed by atoms with Crippen molar-refractivity contribution in [1.82, 2.24) is 9.21 Å². The van der Waals surface area contributed by atoms with Crippen LogP contribution in [0.3, 0.4) is 0 Å². The van der Waals surface area contributed by atoms with Gasteiger partial charge in [-0.2, -0.15) is 4.31 Å². The molecule has 0 amide bonds. The average Bonchev–Trinajstić information content (AvgIpc) is 2.65. The molecule has 0 unspecified atom stereocenters. The minimum Gasteiger partial charge on any atom is -0.296 e. The largest absolute Gasteiger partial charge is 0.296 e. The van der Waals surface area contributed by atoms with Crippen molar-refractivity contribution >= 4 is 15.7 Å². The molecule has 0 N–H and O–H groups in total. The molecule has 3 rings (SSSR count). The lowest BCUT2D eigenvalue weighted by Crippen LogP contribution is -2.48. The summed E-state index contributed by atoms with van der Waals surface area (Å²) in [6, 6.07) is 10.3. The van der Waals surface area contributed by atoms with E-state index in [0.29, 0.717) is 43.2 Å². The normalized spacial score (nSPS) is 16.2. The molecule has 1 saturated heterocycles. The number of benzene rings is 2. The predicted molar refractivity (Wildman–Crippen MR) is 108 cm³/mol. The number of aryl methyl sites for hydroxylation is 2. The molecule has 1 heterocycles. The molecule has 0 spiro atoms. The molecule has 1 aliphatic rings. The molecule has 28 heavy (non-hydrogen) atoms. The van der Waals surface area contributed by atoms with Crippen LogP contribution < -0.4 is 0 Å². The Bertz CT molecular complexity index is 997. The van der Waals surface area contributed by atoms with Gasteiger partial charge in [-0.05, 0) is 49.6 Å². The molecule has 1 aliphatic heterocycles. The Morgan fingerprint density at radius 1 is 1.00 bits per heavy atom. The fraction of sp³-hybridized carbons (Fsp3) is 0.400. The molecule has 150 valence electrons. The summed E-state index contributed by atoms with van der Waals surface area (Å²) in [5.41, 5.74) is 3.71. The van der Waals surface area contributed by atoms with E-state index in [1.165, 1.54) is 10.4 Å². The number of sulfonamides is 1. The molecule has 0 bridgehead atoms. The summed E-state index contributed by atoms with van der Waals surface area (Å²) < 4.78 is 27.4. The molecule has 0 radical (unpaired) electrons. The highest BCUT2D eigenvalue weighted by Crippen LogP contribution is 2.24. The summed E-state index contributed by atoms with van der Waals surface area (Å²) in [7, 11) is -3.51. The summed E-state index contributed by atoms with van der Waals surface area (Å²) in [5.74, 6) is 0. The van der Waals surface area contributed by atoms with Gasteiger partial charge in [-0.1, -0.05) is 18.2 Å². The zero-order valence-corrected chi connectivity index (χ0v) is 17.2. The second-order valence-corrected chi connectivity index (χ2v) is 9.18. The summed E-state index contributed by atoms with van der Waals surface area (Å²) >= 11 is 0. The van der Waals surface area contributed by atoms with Crippen LogP contribution in [-0.2, 0) is 16.6 Å². The highest BCUT2D eigenvalue weighted by atomic mass is 32.2. The van der Waals surface area contributed by atoms with Crippen molar-refractivity contribution < 1.29 is 13.3 Å². The molecule has 0 saturated carbocycles. The second-order valence-electron chi connectivity index (χ2n) is 7.24. The van der Waals surface area contributed by atoms with Gasteiger partial charge >= 0.3 is 0 Å². The number of nitrogens with zero attached hydrogens (tertiary/aromatic N) is 3.